The van der Waals surface area contributed by atoms with Crippen LogP contribution >= 0.6 is 0 Å². The molecule has 2 N–H and O–H groups in total. The van der Waals surface area contributed by atoms with E-state index in [1.54, 1.807) is 18.2 Å². The van der Waals surface area contributed by atoms with Gasteiger partial charge in [0.1, 0.15) is 0 Å². The van der Waals surface area contributed by atoms with E-state index >= 15 is 0 Å². The fourth-order valence-corrected chi connectivity index (χ4v) is 2.61. The molecule has 0 aliphatic carbocycles. The Labute approximate surface area is 171 Å². The highest BCUT2D eigenvalue weighted by atomic mass is 16.5. The molecule has 29 heavy (non-hydrogen) atoms. The van der Waals surface area contributed by atoms with Gasteiger partial charge in [-0.25, -0.2) is 0 Å². The van der Waals surface area contributed by atoms with Gasteiger partial charge in [0.15, 0.2) is 11.5 Å². The molecule has 0 fully saturated rings. The lowest BCUT2D eigenvalue weighted by atomic mass is 10.1. The molecular weight excluding hydrogens is 368 g/mol. The molecular formula is C23H28N2O4. The second-order valence-corrected chi connectivity index (χ2v) is 6.52. The Kier molecular flexibility index (Phi) is 8.27. The molecule has 0 aromatic heterocycles. The largest absolute Gasteiger partial charge is 0.490 e. The molecule has 0 atom stereocenters. The van der Waals surface area contributed by atoms with Crippen molar-refractivity contribution in [2.45, 2.75) is 34.1 Å². The van der Waals surface area contributed by atoms with Gasteiger partial charge in [-0.1, -0.05) is 19.1 Å². The van der Waals surface area contributed by atoms with E-state index in [2.05, 4.69) is 10.6 Å². The van der Waals surface area contributed by atoms with Crippen LogP contribution in [0.1, 0.15) is 38.3 Å². The summed E-state index contributed by atoms with van der Waals surface area (Å²) in [7, 11) is 0. The monoisotopic (exact) mass is 396 g/mol. The maximum Gasteiger partial charge on any atom is 0.248 e. The maximum atomic E-state index is 12.3. The van der Waals surface area contributed by atoms with Crippen LogP contribution < -0.4 is 20.1 Å². The Morgan fingerprint density at radius 2 is 1.79 bits per heavy atom. The van der Waals surface area contributed by atoms with Gasteiger partial charge in [-0.05, 0) is 61.7 Å². The quantitative estimate of drug-likeness (QED) is 0.597. The molecule has 0 bridgehead atoms. The van der Waals surface area contributed by atoms with E-state index in [0.717, 1.165) is 17.5 Å². The summed E-state index contributed by atoms with van der Waals surface area (Å²) in [6, 6.07) is 10.9. The standard InChI is InChI=1S/C23H28N2O4/c1-5-13-29-21-11-8-18(14-22(21)28-6-2)9-12-23(27)25-19-10-7-16(3)20(15-19)24-17(4)26/h7-12,14-15H,5-6,13H2,1-4H3,(H,24,26)(H,25,27). The van der Waals surface area contributed by atoms with Crippen LogP contribution in [0.25, 0.3) is 6.08 Å². The first kappa shape index (κ1) is 22.0. The molecule has 0 radical (unpaired) electrons. The molecule has 2 amide bonds. The zero-order valence-electron chi connectivity index (χ0n) is 17.4. The first-order chi connectivity index (χ1) is 13.9. The normalized spacial score (nSPS) is 10.6. The van der Waals surface area contributed by atoms with Crippen molar-refractivity contribution in [2.75, 3.05) is 23.8 Å². The molecule has 154 valence electrons. The van der Waals surface area contributed by atoms with Crippen LogP contribution in [0.3, 0.4) is 0 Å². The van der Waals surface area contributed by atoms with Crippen LogP contribution in [0.4, 0.5) is 11.4 Å². The Morgan fingerprint density at radius 3 is 2.48 bits per heavy atom. The number of rotatable bonds is 9. The van der Waals surface area contributed by atoms with Crippen LogP contribution in [0, 0.1) is 6.92 Å². The second-order valence-electron chi connectivity index (χ2n) is 6.52. The molecule has 0 saturated carbocycles. The molecule has 2 aromatic carbocycles. The van der Waals surface area contributed by atoms with E-state index in [1.807, 2.05) is 45.0 Å². The fourth-order valence-electron chi connectivity index (χ4n) is 2.61. The molecule has 2 rings (SSSR count). The molecule has 6 nitrogen and oxygen atoms in total. The number of carbonyl (C=O) groups is 2. The van der Waals surface area contributed by atoms with Gasteiger partial charge in [0.05, 0.1) is 13.2 Å². The number of amides is 2. The zero-order valence-corrected chi connectivity index (χ0v) is 17.4. The maximum absolute atomic E-state index is 12.3. The molecule has 0 aliphatic rings. The van der Waals surface area contributed by atoms with Crippen LogP contribution in [0.15, 0.2) is 42.5 Å². The third-order valence-electron chi connectivity index (χ3n) is 3.97. The Bertz CT molecular complexity index is 890. The highest BCUT2D eigenvalue weighted by molar-refractivity contribution is 6.02. The van der Waals surface area contributed by atoms with Crippen molar-refractivity contribution in [2.24, 2.45) is 0 Å². The number of hydrogen-bond acceptors (Lipinski definition) is 4. The van der Waals surface area contributed by atoms with Crippen molar-refractivity contribution < 1.29 is 19.1 Å². The van der Waals surface area contributed by atoms with Crippen LogP contribution in [-0.4, -0.2) is 25.0 Å². The molecule has 0 aliphatic heterocycles. The summed E-state index contributed by atoms with van der Waals surface area (Å²) < 4.78 is 11.3. The van der Waals surface area contributed by atoms with E-state index in [0.29, 0.717) is 36.1 Å². The van der Waals surface area contributed by atoms with E-state index in [9.17, 15) is 9.59 Å². The van der Waals surface area contributed by atoms with Crippen LogP contribution in [0.2, 0.25) is 0 Å². The molecule has 6 heteroatoms. The van der Waals surface area contributed by atoms with Gasteiger partial charge in [0.25, 0.3) is 0 Å². The summed E-state index contributed by atoms with van der Waals surface area (Å²) in [6.07, 6.45) is 4.08. The predicted octanol–water partition coefficient (Wildman–Crippen LogP) is 4.79. The summed E-state index contributed by atoms with van der Waals surface area (Å²) in [4.78, 5) is 23.6. The average molecular weight is 396 g/mol. The van der Waals surface area contributed by atoms with Gasteiger partial charge in [0, 0.05) is 24.4 Å². The van der Waals surface area contributed by atoms with Crippen molar-refractivity contribution in [1.82, 2.24) is 0 Å². The SMILES string of the molecule is CCCOc1ccc(C=CC(=O)Nc2ccc(C)c(NC(C)=O)c2)cc1OCC. The van der Waals surface area contributed by atoms with Crippen molar-refractivity contribution in [3.63, 3.8) is 0 Å². The first-order valence-corrected chi connectivity index (χ1v) is 9.69. The number of nitrogens with one attached hydrogen (secondary N) is 2. The van der Waals surface area contributed by atoms with Gasteiger partial charge in [0.2, 0.25) is 11.8 Å². The van der Waals surface area contributed by atoms with Crippen molar-refractivity contribution in [1.29, 1.82) is 0 Å². The minimum absolute atomic E-state index is 0.159. The third kappa shape index (κ3) is 6.99. The summed E-state index contributed by atoms with van der Waals surface area (Å²) in [5.41, 5.74) is 3.02. The van der Waals surface area contributed by atoms with Gasteiger partial charge in [-0.3, -0.25) is 9.59 Å². The lowest BCUT2D eigenvalue weighted by Crippen LogP contribution is -2.10. The van der Waals surface area contributed by atoms with E-state index in [4.69, 9.17) is 9.47 Å². The van der Waals surface area contributed by atoms with Crippen LogP contribution in [0.5, 0.6) is 11.5 Å². The minimum atomic E-state index is -0.271. The predicted molar refractivity (Wildman–Crippen MR) is 117 cm³/mol. The smallest absolute Gasteiger partial charge is 0.248 e. The van der Waals surface area contributed by atoms with Gasteiger partial charge >= 0.3 is 0 Å². The first-order valence-electron chi connectivity index (χ1n) is 9.69. The number of carbonyl (C=O) groups excluding carboxylic acids is 2. The van der Waals surface area contributed by atoms with Gasteiger partial charge < -0.3 is 20.1 Å². The highest BCUT2D eigenvalue weighted by Crippen LogP contribution is 2.29. The van der Waals surface area contributed by atoms with E-state index in [1.165, 1.54) is 13.0 Å². The lowest BCUT2D eigenvalue weighted by molar-refractivity contribution is -0.114. The number of anilines is 2. The molecule has 0 unspecified atom stereocenters. The molecule has 0 saturated heterocycles. The third-order valence-corrected chi connectivity index (χ3v) is 3.97. The van der Waals surface area contributed by atoms with Gasteiger partial charge in [-0.15, -0.1) is 0 Å². The zero-order chi connectivity index (χ0) is 21.2. The lowest BCUT2D eigenvalue weighted by Gasteiger charge is -2.12. The van der Waals surface area contributed by atoms with Crippen molar-refractivity contribution in [3.05, 3.63) is 53.6 Å². The number of benzene rings is 2. The Hall–Kier alpha value is -3.28. The average Bonchev–Trinajstić information content (AvgIpc) is 2.68. The number of hydrogen-bond donors (Lipinski definition) is 2. The molecule has 0 spiro atoms. The number of aryl methyl sites for hydroxylation is 1. The van der Waals surface area contributed by atoms with Crippen molar-refractivity contribution >= 4 is 29.3 Å². The minimum Gasteiger partial charge on any atom is -0.490 e. The molecule has 0 heterocycles. The van der Waals surface area contributed by atoms with Gasteiger partial charge in [-0.2, -0.15) is 0 Å². The van der Waals surface area contributed by atoms with E-state index < -0.39 is 0 Å². The second kappa shape index (κ2) is 10.9. The van der Waals surface area contributed by atoms with Crippen molar-refractivity contribution in [3.8, 4) is 11.5 Å². The Balaban J connectivity index is 2.08. The topological polar surface area (TPSA) is 76.7 Å². The highest BCUT2D eigenvalue weighted by Gasteiger charge is 2.07. The summed E-state index contributed by atoms with van der Waals surface area (Å²) in [5, 5.41) is 5.55. The summed E-state index contributed by atoms with van der Waals surface area (Å²) >= 11 is 0. The summed E-state index contributed by atoms with van der Waals surface area (Å²) in [6.45, 7) is 8.44. The Morgan fingerprint density at radius 1 is 1.00 bits per heavy atom. The van der Waals surface area contributed by atoms with Crippen LogP contribution in [-0.2, 0) is 9.59 Å². The molecule has 2 aromatic rings. The van der Waals surface area contributed by atoms with E-state index in [-0.39, 0.29) is 11.8 Å². The fraction of sp³-hybridized carbons (Fsp3) is 0.304. The summed E-state index contributed by atoms with van der Waals surface area (Å²) in [5.74, 6) is 0.919. The number of ether oxygens (including phenoxy) is 2.